The highest BCUT2D eigenvalue weighted by Crippen LogP contribution is 2.34. The zero-order valence-electron chi connectivity index (χ0n) is 7.65. The third-order valence-corrected chi connectivity index (χ3v) is 2.38. The van der Waals surface area contributed by atoms with Gasteiger partial charge in [0.05, 0.1) is 0 Å². The molecule has 0 unspecified atom stereocenters. The minimum absolute atomic E-state index is 0.0797. The van der Waals surface area contributed by atoms with Crippen molar-refractivity contribution in [2.75, 3.05) is 5.73 Å². The van der Waals surface area contributed by atoms with Gasteiger partial charge in [0.2, 0.25) is 0 Å². The van der Waals surface area contributed by atoms with Crippen molar-refractivity contribution in [3.05, 3.63) is 23.0 Å². The standard InChI is InChI=1S/C8H6BrF5N2/c9-2-3-4(15)1-5(8(12,13)14)16-6(3)7(10)11/h1,7H,2H2,(H2,15,16). The van der Waals surface area contributed by atoms with Crippen molar-refractivity contribution in [3.63, 3.8) is 0 Å². The highest BCUT2D eigenvalue weighted by atomic mass is 79.9. The second-order valence-electron chi connectivity index (χ2n) is 2.89. The van der Waals surface area contributed by atoms with Gasteiger partial charge in [-0.2, -0.15) is 13.2 Å². The maximum atomic E-state index is 12.5. The summed E-state index contributed by atoms with van der Waals surface area (Å²) in [5, 5.41) is -0.0797. The number of nitrogens with two attached hydrogens (primary N) is 1. The molecule has 0 fully saturated rings. The first kappa shape index (κ1) is 13.1. The number of hydrogen-bond acceptors (Lipinski definition) is 2. The second-order valence-corrected chi connectivity index (χ2v) is 3.45. The van der Waals surface area contributed by atoms with Crippen LogP contribution in [0.2, 0.25) is 0 Å². The van der Waals surface area contributed by atoms with Crippen LogP contribution in [0.15, 0.2) is 6.07 Å². The molecule has 1 rings (SSSR count). The lowest BCUT2D eigenvalue weighted by atomic mass is 10.1. The molecule has 0 saturated heterocycles. The molecule has 0 spiro atoms. The van der Waals surface area contributed by atoms with E-state index in [2.05, 4.69) is 20.9 Å². The summed E-state index contributed by atoms with van der Waals surface area (Å²) in [6, 6.07) is 0.544. The molecule has 90 valence electrons. The lowest BCUT2D eigenvalue weighted by molar-refractivity contribution is -0.141. The molecule has 0 aliphatic rings. The molecular weight excluding hydrogens is 299 g/mol. The first-order valence-electron chi connectivity index (χ1n) is 3.98. The van der Waals surface area contributed by atoms with E-state index in [0.717, 1.165) is 0 Å². The van der Waals surface area contributed by atoms with Gasteiger partial charge in [0.25, 0.3) is 6.43 Å². The van der Waals surface area contributed by atoms with Gasteiger partial charge < -0.3 is 5.73 Å². The van der Waals surface area contributed by atoms with Crippen LogP contribution < -0.4 is 5.73 Å². The number of anilines is 1. The Bertz CT molecular complexity index is 391. The molecule has 0 saturated carbocycles. The van der Waals surface area contributed by atoms with E-state index in [1.807, 2.05) is 0 Å². The first-order valence-corrected chi connectivity index (χ1v) is 5.10. The number of alkyl halides is 6. The van der Waals surface area contributed by atoms with Crippen LogP contribution in [-0.2, 0) is 11.5 Å². The molecular formula is C8H6BrF5N2. The van der Waals surface area contributed by atoms with Crippen molar-refractivity contribution < 1.29 is 22.0 Å². The normalized spacial score (nSPS) is 12.2. The van der Waals surface area contributed by atoms with E-state index in [9.17, 15) is 22.0 Å². The van der Waals surface area contributed by atoms with Crippen LogP contribution in [0.25, 0.3) is 0 Å². The number of nitrogen functional groups attached to an aromatic ring is 1. The van der Waals surface area contributed by atoms with Gasteiger partial charge in [-0.25, -0.2) is 13.8 Å². The van der Waals surface area contributed by atoms with Crippen molar-refractivity contribution >= 4 is 21.6 Å². The van der Waals surface area contributed by atoms with Crippen LogP contribution in [0.3, 0.4) is 0 Å². The lowest BCUT2D eigenvalue weighted by Crippen LogP contribution is -2.13. The number of pyridine rings is 1. The van der Waals surface area contributed by atoms with Crippen molar-refractivity contribution in [1.29, 1.82) is 0 Å². The Balaban J connectivity index is 3.40. The molecule has 1 aromatic rings. The Labute approximate surface area is 95.8 Å². The summed E-state index contributed by atoms with van der Waals surface area (Å²) >= 11 is 2.87. The SMILES string of the molecule is Nc1cc(C(F)(F)F)nc(C(F)F)c1CBr. The largest absolute Gasteiger partial charge is 0.433 e. The highest BCUT2D eigenvalue weighted by Gasteiger charge is 2.34. The van der Waals surface area contributed by atoms with Gasteiger partial charge in [-0.15, -0.1) is 0 Å². The zero-order valence-corrected chi connectivity index (χ0v) is 9.24. The van der Waals surface area contributed by atoms with E-state index in [-0.39, 0.29) is 16.6 Å². The molecule has 0 atom stereocenters. The first-order chi connectivity index (χ1) is 7.27. The summed E-state index contributed by atoms with van der Waals surface area (Å²) in [5.74, 6) is 0. The second kappa shape index (κ2) is 4.52. The van der Waals surface area contributed by atoms with E-state index in [1.54, 1.807) is 0 Å². The minimum atomic E-state index is -4.79. The van der Waals surface area contributed by atoms with Gasteiger partial charge in [-0.3, -0.25) is 0 Å². The van der Waals surface area contributed by atoms with Crippen molar-refractivity contribution in [1.82, 2.24) is 4.98 Å². The zero-order chi connectivity index (χ0) is 12.5. The van der Waals surface area contributed by atoms with Crippen molar-refractivity contribution in [2.45, 2.75) is 17.9 Å². The van der Waals surface area contributed by atoms with Gasteiger partial charge >= 0.3 is 6.18 Å². The average Bonchev–Trinajstić information content (AvgIpc) is 2.14. The van der Waals surface area contributed by atoms with E-state index in [4.69, 9.17) is 5.73 Å². The maximum Gasteiger partial charge on any atom is 0.433 e. The molecule has 0 aromatic carbocycles. The number of hydrogen-bond donors (Lipinski definition) is 1. The Morgan fingerprint density at radius 1 is 1.38 bits per heavy atom. The summed E-state index contributed by atoms with van der Waals surface area (Å²) in [7, 11) is 0. The van der Waals surface area contributed by atoms with Crippen LogP contribution in [-0.4, -0.2) is 4.98 Å². The Hall–Kier alpha value is -0.920. The predicted octanol–water partition coefficient (Wildman–Crippen LogP) is 3.52. The molecule has 0 aliphatic carbocycles. The van der Waals surface area contributed by atoms with Gasteiger partial charge in [-0.05, 0) is 6.07 Å². The fourth-order valence-electron chi connectivity index (χ4n) is 1.08. The molecule has 0 bridgehead atoms. The van der Waals surface area contributed by atoms with Crippen LogP contribution in [0, 0.1) is 0 Å². The van der Waals surface area contributed by atoms with Gasteiger partial charge in [0, 0.05) is 16.6 Å². The Morgan fingerprint density at radius 3 is 2.31 bits per heavy atom. The van der Waals surface area contributed by atoms with Crippen LogP contribution in [0.1, 0.15) is 23.4 Å². The summed E-state index contributed by atoms with van der Waals surface area (Å²) < 4.78 is 61.7. The van der Waals surface area contributed by atoms with Crippen molar-refractivity contribution in [2.24, 2.45) is 0 Å². The third kappa shape index (κ3) is 2.60. The van der Waals surface area contributed by atoms with E-state index in [1.165, 1.54) is 0 Å². The molecule has 0 aliphatic heterocycles. The quantitative estimate of drug-likeness (QED) is 0.671. The molecule has 2 nitrogen and oxygen atoms in total. The summed E-state index contributed by atoms with van der Waals surface area (Å²) in [6.45, 7) is 0. The maximum absolute atomic E-state index is 12.5. The van der Waals surface area contributed by atoms with Crippen LogP contribution >= 0.6 is 15.9 Å². The molecule has 0 radical (unpaired) electrons. The number of nitrogens with zero attached hydrogens (tertiary/aromatic N) is 1. The number of rotatable bonds is 2. The fourth-order valence-corrected chi connectivity index (χ4v) is 1.69. The van der Waals surface area contributed by atoms with Crippen LogP contribution in [0.4, 0.5) is 27.6 Å². The fraction of sp³-hybridized carbons (Fsp3) is 0.375. The molecule has 8 heteroatoms. The summed E-state index contributed by atoms with van der Waals surface area (Å²) in [4.78, 5) is 2.89. The van der Waals surface area contributed by atoms with Gasteiger partial charge in [0.1, 0.15) is 11.4 Å². The number of halogens is 6. The minimum Gasteiger partial charge on any atom is -0.398 e. The van der Waals surface area contributed by atoms with Crippen LogP contribution in [0.5, 0.6) is 0 Å². The average molecular weight is 305 g/mol. The smallest absolute Gasteiger partial charge is 0.398 e. The molecule has 1 aromatic heterocycles. The Morgan fingerprint density at radius 2 is 1.94 bits per heavy atom. The van der Waals surface area contributed by atoms with E-state index >= 15 is 0 Å². The van der Waals surface area contributed by atoms with E-state index in [0.29, 0.717) is 6.07 Å². The monoisotopic (exact) mass is 304 g/mol. The molecule has 16 heavy (non-hydrogen) atoms. The summed E-state index contributed by atoms with van der Waals surface area (Å²) in [6.07, 6.45) is -7.89. The lowest BCUT2D eigenvalue weighted by Gasteiger charge is -2.13. The van der Waals surface area contributed by atoms with Gasteiger partial charge in [0.15, 0.2) is 0 Å². The number of aromatic nitrogens is 1. The van der Waals surface area contributed by atoms with E-state index < -0.39 is 24.0 Å². The molecule has 1 heterocycles. The third-order valence-electron chi connectivity index (χ3n) is 1.82. The van der Waals surface area contributed by atoms with Gasteiger partial charge in [-0.1, -0.05) is 15.9 Å². The predicted molar refractivity (Wildman–Crippen MR) is 51.2 cm³/mol. The molecule has 0 amide bonds. The van der Waals surface area contributed by atoms with Crippen molar-refractivity contribution in [3.8, 4) is 0 Å². The highest BCUT2D eigenvalue weighted by molar-refractivity contribution is 9.08. The Kier molecular flexibility index (Phi) is 3.72. The topological polar surface area (TPSA) is 38.9 Å². The molecule has 2 N–H and O–H groups in total. The summed E-state index contributed by atoms with van der Waals surface area (Å²) in [5.41, 5.74) is 2.44.